The molecule has 0 aliphatic heterocycles. The zero-order valence-electron chi connectivity index (χ0n) is 14.7. The van der Waals surface area contributed by atoms with Crippen LogP contribution in [-0.4, -0.2) is 19.9 Å². The number of aryl methyl sites for hydroxylation is 1. The molecule has 24 heavy (non-hydrogen) atoms. The standard InChI is InChI=1S/C20H26N2O2/c1-4-5-6-13-24-19-12-9-17(14-20(19)23-3)15-21-22-18-10-7-16(2)8-11-18/h7-12,14-15,22H,4-6,13H2,1-3H3/b21-15+. The topological polar surface area (TPSA) is 42.8 Å². The van der Waals surface area contributed by atoms with E-state index in [0.29, 0.717) is 6.61 Å². The fraction of sp³-hybridized carbons (Fsp3) is 0.350. The highest BCUT2D eigenvalue weighted by molar-refractivity contribution is 5.81. The van der Waals surface area contributed by atoms with Gasteiger partial charge in [-0.25, -0.2) is 0 Å². The molecule has 0 saturated heterocycles. The molecule has 2 aromatic rings. The average Bonchev–Trinajstić information content (AvgIpc) is 2.61. The van der Waals surface area contributed by atoms with Gasteiger partial charge in [-0.15, -0.1) is 0 Å². The highest BCUT2D eigenvalue weighted by atomic mass is 16.5. The first-order valence-electron chi connectivity index (χ1n) is 8.39. The van der Waals surface area contributed by atoms with E-state index in [1.54, 1.807) is 13.3 Å². The zero-order valence-corrected chi connectivity index (χ0v) is 14.7. The minimum Gasteiger partial charge on any atom is -0.493 e. The fourth-order valence-electron chi connectivity index (χ4n) is 2.23. The van der Waals surface area contributed by atoms with Crippen LogP contribution in [0.25, 0.3) is 0 Å². The quantitative estimate of drug-likeness (QED) is 0.400. The van der Waals surface area contributed by atoms with Gasteiger partial charge in [-0.05, 0) is 49.2 Å². The number of rotatable bonds is 9. The van der Waals surface area contributed by atoms with Crippen LogP contribution in [0, 0.1) is 6.92 Å². The van der Waals surface area contributed by atoms with Crippen LogP contribution in [0.4, 0.5) is 5.69 Å². The Morgan fingerprint density at radius 1 is 1.04 bits per heavy atom. The van der Waals surface area contributed by atoms with E-state index in [2.05, 4.69) is 24.4 Å². The summed E-state index contributed by atoms with van der Waals surface area (Å²) < 4.78 is 11.2. The van der Waals surface area contributed by atoms with E-state index in [9.17, 15) is 0 Å². The molecule has 0 aromatic heterocycles. The van der Waals surface area contributed by atoms with Crippen molar-refractivity contribution in [3.05, 3.63) is 53.6 Å². The van der Waals surface area contributed by atoms with Crippen LogP contribution in [-0.2, 0) is 0 Å². The Hall–Kier alpha value is -2.49. The highest BCUT2D eigenvalue weighted by Crippen LogP contribution is 2.27. The molecule has 0 atom stereocenters. The number of anilines is 1. The summed E-state index contributed by atoms with van der Waals surface area (Å²) in [4.78, 5) is 0. The van der Waals surface area contributed by atoms with E-state index in [-0.39, 0.29) is 0 Å². The van der Waals surface area contributed by atoms with Crippen molar-refractivity contribution in [1.82, 2.24) is 0 Å². The second-order valence-corrected chi connectivity index (χ2v) is 5.70. The SMILES string of the molecule is CCCCCOc1ccc(/C=N/Nc2ccc(C)cc2)cc1OC. The fourth-order valence-corrected chi connectivity index (χ4v) is 2.23. The number of unbranched alkanes of at least 4 members (excludes halogenated alkanes) is 2. The van der Waals surface area contributed by atoms with Crippen LogP contribution in [0.3, 0.4) is 0 Å². The number of methoxy groups -OCH3 is 1. The molecule has 2 aromatic carbocycles. The molecule has 0 spiro atoms. The molecule has 4 heteroatoms. The van der Waals surface area contributed by atoms with E-state index in [4.69, 9.17) is 9.47 Å². The maximum atomic E-state index is 5.78. The summed E-state index contributed by atoms with van der Waals surface area (Å²) in [6, 6.07) is 13.9. The largest absolute Gasteiger partial charge is 0.493 e. The highest BCUT2D eigenvalue weighted by Gasteiger charge is 2.04. The molecule has 0 unspecified atom stereocenters. The van der Waals surface area contributed by atoms with E-state index >= 15 is 0 Å². The monoisotopic (exact) mass is 326 g/mol. The van der Waals surface area contributed by atoms with Crippen LogP contribution in [0.1, 0.15) is 37.3 Å². The number of nitrogens with zero attached hydrogens (tertiary/aromatic N) is 1. The van der Waals surface area contributed by atoms with Crippen molar-refractivity contribution in [2.45, 2.75) is 33.1 Å². The summed E-state index contributed by atoms with van der Waals surface area (Å²) in [6.07, 6.45) is 5.19. The van der Waals surface area contributed by atoms with Crippen molar-refractivity contribution >= 4 is 11.9 Å². The molecule has 0 bridgehead atoms. The van der Waals surface area contributed by atoms with Gasteiger partial charge in [0.05, 0.1) is 25.6 Å². The number of benzene rings is 2. The van der Waals surface area contributed by atoms with Crippen LogP contribution < -0.4 is 14.9 Å². The number of nitrogens with one attached hydrogen (secondary N) is 1. The molecule has 0 heterocycles. The van der Waals surface area contributed by atoms with Gasteiger partial charge in [0, 0.05) is 0 Å². The van der Waals surface area contributed by atoms with Crippen molar-refractivity contribution in [3.8, 4) is 11.5 Å². The molecule has 1 N–H and O–H groups in total. The normalized spacial score (nSPS) is 10.8. The molecule has 4 nitrogen and oxygen atoms in total. The third kappa shape index (κ3) is 5.61. The Labute approximate surface area is 144 Å². The third-order valence-electron chi connectivity index (χ3n) is 3.65. The Bertz CT molecular complexity index is 651. The lowest BCUT2D eigenvalue weighted by Crippen LogP contribution is -2.00. The van der Waals surface area contributed by atoms with Gasteiger partial charge in [-0.1, -0.05) is 37.5 Å². The van der Waals surface area contributed by atoms with Crippen molar-refractivity contribution < 1.29 is 9.47 Å². The number of ether oxygens (including phenoxy) is 2. The van der Waals surface area contributed by atoms with Crippen molar-refractivity contribution in [3.63, 3.8) is 0 Å². The lowest BCUT2D eigenvalue weighted by Gasteiger charge is -2.11. The van der Waals surface area contributed by atoms with Gasteiger partial charge >= 0.3 is 0 Å². The third-order valence-corrected chi connectivity index (χ3v) is 3.65. The second-order valence-electron chi connectivity index (χ2n) is 5.70. The van der Waals surface area contributed by atoms with Gasteiger partial charge in [-0.2, -0.15) is 5.10 Å². The lowest BCUT2D eigenvalue weighted by atomic mass is 10.2. The molecule has 0 aliphatic rings. The molecule has 2 rings (SSSR count). The molecule has 128 valence electrons. The van der Waals surface area contributed by atoms with Crippen LogP contribution >= 0.6 is 0 Å². The first-order chi connectivity index (χ1) is 11.7. The van der Waals surface area contributed by atoms with Gasteiger partial charge in [0.2, 0.25) is 0 Å². The number of hydrogen-bond donors (Lipinski definition) is 1. The van der Waals surface area contributed by atoms with Crippen LogP contribution in [0.15, 0.2) is 47.6 Å². The van der Waals surface area contributed by atoms with Crippen molar-refractivity contribution in [2.24, 2.45) is 5.10 Å². The summed E-state index contributed by atoms with van der Waals surface area (Å²) in [5.41, 5.74) is 6.15. The number of hydrazone groups is 1. The predicted molar refractivity (Wildman–Crippen MR) is 100 cm³/mol. The summed E-state index contributed by atoms with van der Waals surface area (Å²) in [5.74, 6) is 1.50. The van der Waals surface area contributed by atoms with E-state index in [0.717, 1.165) is 29.2 Å². The maximum absolute atomic E-state index is 5.78. The minimum atomic E-state index is 0.715. The molecule has 0 amide bonds. The Balaban J connectivity index is 1.95. The van der Waals surface area contributed by atoms with E-state index < -0.39 is 0 Å². The summed E-state index contributed by atoms with van der Waals surface area (Å²) in [7, 11) is 1.65. The summed E-state index contributed by atoms with van der Waals surface area (Å²) >= 11 is 0. The van der Waals surface area contributed by atoms with Gasteiger partial charge in [0.25, 0.3) is 0 Å². The molecule has 0 saturated carbocycles. The number of hydrogen-bond acceptors (Lipinski definition) is 4. The molecule has 0 aliphatic carbocycles. The molecule has 0 radical (unpaired) electrons. The minimum absolute atomic E-state index is 0.715. The molecular weight excluding hydrogens is 300 g/mol. The lowest BCUT2D eigenvalue weighted by molar-refractivity contribution is 0.286. The van der Waals surface area contributed by atoms with Crippen LogP contribution in [0.5, 0.6) is 11.5 Å². The zero-order chi connectivity index (χ0) is 17.2. The summed E-state index contributed by atoms with van der Waals surface area (Å²) in [6.45, 7) is 4.96. The maximum Gasteiger partial charge on any atom is 0.161 e. The Morgan fingerprint density at radius 3 is 2.54 bits per heavy atom. The van der Waals surface area contributed by atoms with Gasteiger partial charge in [0.1, 0.15) is 0 Å². The van der Waals surface area contributed by atoms with Crippen molar-refractivity contribution in [2.75, 3.05) is 19.1 Å². The summed E-state index contributed by atoms with van der Waals surface area (Å²) in [5, 5.41) is 4.26. The van der Waals surface area contributed by atoms with Gasteiger partial charge < -0.3 is 9.47 Å². The molecular formula is C20H26N2O2. The molecule has 0 fully saturated rings. The van der Waals surface area contributed by atoms with Crippen molar-refractivity contribution in [1.29, 1.82) is 0 Å². The first-order valence-corrected chi connectivity index (χ1v) is 8.39. The van der Waals surface area contributed by atoms with Gasteiger partial charge in [0.15, 0.2) is 11.5 Å². The Kier molecular flexibility index (Phi) is 7.15. The smallest absolute Gasteiger partial charge is 0.161 e. The second kappa shape index (κ2) is 9.60. The van der Waals surface area contributed by atoms with Crippen LogP contribution in [0.2, 0.25) is 0 Å². The first kappa shape index (κ1) is 17.9. The van der Waals surface area contributed by atoms with Gasteiger partial charge in [-0.3, -0.25) is 5.43 Å². The van der Waals surface area contributed by atoms with E-state index in [1.165, 1.54) is 18.4 Å². The Morgan fingerprint density at radius 2 is 1.83 bits per heavy atom. The van der Waals surface area contributed by atoms with E-state index in [1.807, 2.05) is 42.5 Å². The predicted octanol–water partition coefficient (Wildman–Crippen LogP) is 5.02. The average molecular weight is 326 g/mol.